The van der Waals surface area contributed by atoms with Gasteiger partial charge in [-0.2, -0.15) is 0 Å². The van der Waals surface area contributed by atoms with E-state index in [2.05, 4.69) is 5.32 Å². The molecule has 104 valence electrons. The fourth-order valence-electron chi connectivity index (χ4n) is 1.35. The van der Waals surface area contributed by atoms with Crippen molar-refractivity contribution in [2.75, 3.05) is 0 Å². The summed E-state index contributed by atoms with van der Waals surface area (Å²) in [5.41, 5.74) is 0.545. The van der Waals surface area contributed by atoms with Gasteiger partial charge in [-0.1, -0.05) is 23.8 Å². The number of hydrogen-bond acceptors (Lipinski definition) is 3. The van der Waals surface area contributed by atoms with Gasteiger partial charge >= 0.3 is 6.09 Å². The van der Waals surface area contributed by atoms with Crippen LogP contribution in [0.2, 0.25) is 0 Å². The van der Waals surface area contributed by atoms with E-state index >= 15 is 0 Å². The maximum Gasteiger partial charge on any atom is 0.407 e. The Balaban J connectivity index is 4.64. The predicted molar refractivity (Wildman–Crippen MR) is 73.6 cm³/mol. The number of aliphatic hydroxyl groups is 1. The molecule has 18 heavy (non-hydrogen) atoms. The third-order valence-electron chi connectivity index (χ3n) is 2.21. The molecule has 2 N–H and O–H groups in total. The number of hydrogen-bond donors (Lipinski definition) is 2. The SMILES string of the molecule is C/C=C\C(=C(/C)Cl)C(O)C(C)OC(=O)NC(C)C. The van der Waals surface area contributed by atoms with E-state index in [4.69, 9.17) is 16.3 Å². The van der Waals surface area contributed by atoms with E-state index in [0.29, 0.717) is 10.6 Å². The molecule has 0 aromatic rings. The summed E-state index contributed by atoms with van der Waals surface area (Å²) in [5, 5.41) is 13.1. The van der Waals surface area contributed by atoms with E-state index in [0.717, 1.165) is 0 Å². The number of ether oxygens (including phenoxy) is 1. The van der Waals surface area contributed by atoms with Crippen molar-refractivity contribution in [1.82, 2.24) is 5.32 Å². The lowest BCUT2D eigenvalue weighted by atomic mass is 10.0. The van der Waals surface area contributed by atoms with Gasteiger partial charge in [-0.05, 0) is 40.2 Å². The minimum Gasteiger partial charge on any atom is -0.443 e. The zero-order valence-corrected chi connectivity index (χ0v) is 12.3. The number of allylic oxidation sites excluding steroid dienone is 2. The van der Waals surface area contributed by atoms with Crippen molar-refractivity contribution < 1.29 is 14.6 Å². The van der Waals surface area contributed by atoms with E-state index < -0.39 is 18.3 Å². The predicted octanol–water partition coefficient (Wildman–Crippen LogP) is 2.96. The van der Waals surface area contributed by atoms with Gasteiger partial charge in [0.15, 0.2) is 0 Å². The van der Waals surface area contributed by atoms with Crippen LogP contribution in [-0.2, 0) is 4.74 Å². The van der Waals surface area contributed by atoms with Crippen molar-refractivity contribution in [3.63, 3.8) is 0 Å². The van der Waals surface area contributed by atoms with Gasteiger partial charge in [-0.3, -0.25) is 0 Å². The van der Waals surface area contributed by atoms with Crippen LogP contribution in [0.5, 0.6) is 0 Å². The molecule has 0 heterocycles. The molecule has 0 aromatic carbocycles. The molecule has 0 aliphatic heterocycles. The molecular formula is C13H22ClNO3. The average Bonchev–Trinajstić information content (AvgIpc) is 2.23. The number of halogens is 1. The molecule has 0 radical (unpaired) electrons. The second kappa shape index (κ2) is 8.16. The highest BCUT2D eigenvalue weighted by molar-refractivity contribution is 6.29. The van der Waals surface area contributed by atoms with Crippen molar-refractivity contribution in [1.29, 1.82) is 0 Å². The molecule has 0 saturated carbocycles. The molecule has 0 fully saturated rings. The number of carbonyl (C=O) groups excluding carboxylic acids is 1. The summed E-state index contributed by atoms with van der Waals surface area (Å²) in [6.07, 6.45) is 1.29. The van der Waals surface area contributed by atoms with Gasteiger partial charge in [-0.25, -0.2) is 4.79 Å². The van der Waals surface area contributed by atoms with Crippen LogP contribution >= 0.6 is 11.6 Å². The van der Waals surface area contributed by atoms with Crippen LogP contribution in [0.1, 0.15) is 34.6 Å². The van der Waals surface area contributed by atoms with Crippen LogP contribution in [0.15, 0.2) is 22.8 Å². The minimum absolute atomic E-state index is 0.0119. The number of aliphatic hydroxyl groups excluding tert-OH is 1. The summed E-state index contributed by atoms with van der Waals surface area (Å²) in [5.74, 6) is 0. The minimum atomic E-state index is -0.948. The molecule has 5 heteroatoms. The maximum atomic E-state index is 11.4. The van der Waals surface area contributed by atoms with Crippen LogP contribution < -0.4 is 5.32 Å². The molecule has 0 aliphatic carbocycles. The van der Waals surface area contributed by atoms with E-state index in [1.54, 1.807) is 26.0 Å². The lowest BCUT2D eigenvalue weighted by Crippen LogP contribution is -2.37. The third-order valence-corrected chi connectivity index (χ3v) is 2.42. The van der Waals surface area contributed by atoms with Gasteiger partial charge in [0.05, 0.1) is 0 Å². The monoisotopic (exact) mass is 275 g/mol. The number of alkyl carbamates (subject to hydrolysis) is 1. The normalized spacial score (nSPS) is 16.4. The van der Waals surface area contributed by atoms with E-state index in [-0.39, 0.29) is 6.04 Å². The van der Waals surface area contributed by atoms with Crippen molar-refractivity contribution in [2.45, 2.75) is 52.9 Å². The number of rotatable bonds is 5. The van der Waals surface area contributed by atoms with Crippen molar-refractivity contribution in [2.24, 2.45) is 0 Å². The highest BCUT2D eigenvalue weighted by Gasteiger charge is 2.22. The van der Waals surface area contributed by atoms with Crippen LogP contribution in [0.4, 0.5) is 4.79 Å². The Hall–Kier alpha value is -1.00. The lowest BCUT2D eigenvalue weighted by molar-refractivity contribution is 0.0311. The molecule has 1 amide bonds. The summed E-state index contributed by atoms with van der Waals surface area (Å²) in [7, 11) is 0. The average molecular weight is 276 g/mol. The van der Waals surface area contributed by atoms with Gasteiger partial charge in [0.25, 0.3) is 0 Å². The van der Waals surface area contributed by atoms with E-state index in [9.17, 15) is 9.90 Å². The van der Waals surface area contributed by atoms with Crippen molar-refractivity contribution in [3.8, 4) is 0 Å². The largest absolute Gasteiger partial charge is 0.443 e. The number of nitrogens with one attached hydrogen (secondary N) is 1. The van der Waals surface area contributed by atoms with Crippen LogP contribution in [0.25, 0.3) is 0 Å². The molecule has 0 bridgehead atoms. The summed E-state index contributed by atoms with van der Waals surface area (Å²) in [4.78, 5) is 11.4. The Morgan fingerprint density at radius 3 is 2.33 bits per heavy atom. The molecule has 2 atom stereocenters. The molecule has 0 aliphatic rings. The Bertz CT molecular complexity index is 333. The first kappa shape index (κ1) is 17.0. The van der Waals surface area contributed by atoms with Crippen LogP contribution in [0, 0.1) is 0 Å². The standard InChI is InChI=1S/C13H22ClNO3/c1-6-7-11(9(4)14)12(16)10(5)18-13(17)15-8(2)3/h6-8,10,12,16H,1-5H3,(H,15,17)/b7-6-,11-9-. The highest BCUT2D eigenvalue weighted by atomic mass is 35.5. The van der Waals surface area contributed by atoms with E-state index in [1.165, 1.54) is 0 Å². The van der Waals surface area contributed by atoms with Gasteiger partial charge in [-0.15, -0.1) is 0 Å². The second-order valence-electron chi connectivity index (χ2n) is 4.34. The Kier molecular flexibility index (Phi) is 7.71. The molecule has 2 unspecified atom stereocenters. The summed E-state index contributed by atoms with van der Waals surface area (Å²) in [6.45, 7) is 8.78. The van der Waals surface area contributed by atoms with Crippen molar-refractivity contribution >= 4 is 17.7 Å². The maximum absolute atomic E-state index is 11.4. The Morgan fingerprint density at radius 1 is 1.39 bits per heavy atom. The van der Waals surface area contributed by atoms with E-state index in [1.807, 2.05) is 20.8 Å². The molecule has 0 aromatic heterocycles. The third kappa shape index (κ3) is 6.07. The zero-order chi connectivity index (χ0) is 14.3. The first-order valence-corrected chi connectivity index (χ1v) is 6.31. The quantitative estimate of drug-likeness (QED) is 0.759. The molecule has 0 spiro atoms. The number of carbonyl (C=O) groups is 1. The smallest absolute Gasteiger partial charge is 0.407 e. The first-order valence-electron chi connectivity index (χ1n) is 5.93. The Labute approximate surface area is 114 Å². The first-order chi connectivity index (χ1) is 8.29. The van der Waals surface area contributed by atoms with Crippen LogP contribution in [-0.4, -0.2) is 29.4 Å². The van der Waals surface area contributed by atoms with Crippen LogP contribution in [0.3, 0.4) is 0 Å². The summed E-state index contributed by atoms with van der Waals surface area (Å²) < 4.78 is 5.07. The van der Waals surface area contributed by atoms with Crippen molar-refractivity contribution in [3.05, 3.63) is 22.8 Å². The van der Waals surface area contributed by atoms with Gasteiger partial charge in [0, 0.05) is 11.1 Å². The fraction of sp³-hybridized carbons (Fsp3) is 0.615. The van der Waals surface area contributed by atoms with Gasteiger partial charge in [0.2, 0.25) is 0 Å². The lowest BCUT2D eigenvalue weighted by Gasteiger charge is -2.22. The molecule has 0 rings (SSSR count). The molecule has 0 saturated heterocycles. The number of amides is 1. The Morgan fingerprint density at radius 2 is 1.94 bits per heavy atom. The molecule has 4 nitrogen and oxygen atoms in total. The van der Waals surface area contributed by atoms with Gasteiger partial charge in [0.1, 0.15) is 12.2 Å². The van der Waals surface area contributed by atoms with Gasteiger partial charge < -0.3 is 15.2 Å². The summed E-state index contributed by atoms with van der Waals surface area (Å²) >= 11 is 5.89. The molecular weight excluding hydrogens is 254 g/mol. The summed E-state index contributed by atoms with van der Waals surface area (Å²) in [6, 6.07) is -0.0119. The second-order valence-corrected chi connectivity index (χ2v) is 4.91. The zero-order valence-electron chi connectivity index (χ0n) is 11.5. The fourth-order valence-corrected chi connectivity index (χ4v) is 1.53. The topological polar surface area (TPSA) is 58.6 Å². The highest BCUT2D eigenvalue weighted by Crippen LogP contribution is 2.18.